The van der Waals surface area contributed by atoms with Gasteiger partial charge in [-0.2, -0.15) is 0 Å². The largest absolute Gasteiger partial charge is 0.274 e. The molecule has 1 saturated carbocycles. The summed E-state index contributed by atoms with van der Waals surface area (Å²) in [7, 11) is 0. The van der Waals surface area contributed by atoms with Crippen molar-refractivity contribution < 1.29 is 4.39 Å². The zero-order chi connectivity index (χ0) is 17.8. The molecule has 1 aliphatic rings. The Balaban J connectivity index is 1.66. The van der Waals surface area contributed by atoms with Crippen LogP contribution in [0.5, 0.6) is 0 Å². The van der Waals surface area contributed by atoms with Crippen molar-refractivity contribution in [2.75, 3.05) is 0 Å². The molecule has 1 fully saturated rings. The van der Waals surface area contributed by atoms with E-state index in [0.717, 1.165) is 16.7 Å². The van der Waals surface area contributed by atoms with E-state index in [4.69, 9.17) is 0 Å². The van der Waals surface area contributed by atoms with Crippen LogP contribution in [0, 0.1) is 5.82 Å². The minimum atomic E-state index is -0.168. The van der Waals surface area contributed by atoms with Gasteiger partial charge in [-0.15, -0.1) is 10.2 Å². The van der Waals surface area contributed by atoms with Gasteiger partial charge in [0.2, 0.25) is 0 Å². The van der Waals surface area contributed by atoms with Gasteiger partial charge < -0.3 is 0 Å². The van der Waals surface area contributed by atoms with Crippen LogP contribution in [0.15, 0.2) is 59.8 Å². The van der Waals surface area contributed by atoms with Gasteiger partial charge in [0.1, 0.15) is 11.6 Å². The third-order valence-electron chi connectivity index (χ3n) is 4.96. The van der Waals surface area contributed by atoms with Gasteiger partial charge in [-0.05, 0) is 36.6 Å². The highest BCUT2D eigenvalue weighted by atomic mass is 32.2. The van der Waals surface area contributed by atoms with Crippen LogP contribution in [-0.2, 0) is 5.75 Å². The minimum absolute atomic E-state index is 0.168. The molecule has 5 heteroatoms. The van der Waals surface area contributed by atoms with E-state index in [1.165, 1.54) is 38.2 Å². The van der Waals surface area contributed by atoms with Gasteiger partial charge in [-0.25, -0.2) is 4.39 Å². The smallest absolute Gasteiger partial charge is 0.196 e. The molecule has 0 radical (unpaired) electrons. The van der Waals surface area contributed by atoms with Gasteiger partial charge in [0, 0.05) is 17.4 Å². The molecule has 1 aromatic heterocycles. The zero-order valence-electron chi connectivity index (χ0n) is 14.6. The minimum Gasteiger partial charge on any atom is -0.274 e. The number of benzene rings is 2. The summed E-state index contributed by atoms with van der Waals surface area (Å²) in [5.41, 5.74) is 1.77. The highest BCUT2D eigenvalue weighted by Crippen LogP contribution is 2.35. The maximum absolute atomic E-state index is 14.0. The molecule has 3 aromatic rings. The molecular weight excluding hydrogens is 345 g/mol. The Morgan fingerprint density at radius 3 is 2.42 bits per heavy atom. The molecule has 0 saturated heterocycles. The molecule has 3 nitrogen and oxygen atoms in total. The Morgan fingerprint density at radius 2 is 1.65 bits per heavy atom. The number of nitrogens with zero attached hydrogens (tertiary/aromatic N) is 3. The monoisotopic (exact) mass is 367 g/mol. The Hall–Kier alpha value is -2.14. The highest BCUT2D eigenvalue weighted by Gasteiger charge is 2.24. The summed E-state index contributed by atoms with van der Waals surface area (Å²) >= 11 is 1.54. The molecule has 0 N–H and O–H groups in total. The second-order valence-electron chi connectivity index (χ2n) is 6.73. The van der Waals surface area contributed by atoms with Crippen LogP contribution in [0.2, 0.25) is 0 Å². The van der Waals surface area contributed by atoms with E-state index in [-0.39, 0.29) is 5.82 Å². The molecule has 0 amide bonds. The number of thioether (sulfide) groups is 1. The maximum Gasteiger partial charge on any atom is 0.196 e. The first kappa shape index (κ1) is 17.3. The summed E-state index contributed by atoms with van der Waals surface area (Å²) in [4.78, 5) is 0. The first-order chi connectivity index (χ1) is 12.8. The van der Waals surface area contributed by atoms with E-state index in [0.29, 0.717) is 17.2 Å². The van der Waals surface area contributed by atoms with Crippen LogP contribution in [0.4, 0.5) is 4.39 Å². The first-order valence-corrected chi connectivity index (χ1v) is 10.2. The van der Waals surface area contributed by atoms with Crippen molar-refractivity contribution in [2.45, 2.75) is 48.9 Å². The molecule has 0 unspecified atom stereocenters. The Kier molecular flexibility index (Phi) is 5.34. The van der Waals surface area contributed by atoms with Crippen LogP contribution in [0.1, 0.15) is 49.4 Å². The van der Waals surface area contributed by atoms with Crippen molar-refractivity contribution >= 4 is 11.8 Å². The summed E-state index contributed by atoms with van der Waals surface area (Å²) in [5, 5.41) is 9.85. The fourth-order valence-electron chi connectivity index (χ4n) is 3.58. The summed E-state index contributed by atoms with van der Waals surface area (Å²) in [6, 6.07) is 17.2. The lowest BCUT2D eigenvalue weighted by molar-refractivity contribution is 0.423. The van der Waals surface area contributed by atoms with Crippen molar-refractivity contribution in [3.8, 4) is 5.69 Å². The van der Waals surface area contributed by atoms with Crippen LogP contribution in [0.25, 0.3) is 5.69 Å². The quantitative estimate of drug-likeness (QED) is 0.538. The Bertz CT molecular complexity index is 857. The van der Waals surface area contributed by atoms with Crippen molar-refractivity contribution in [3.63, 3.8) is 0 Å². The van der Waals surface area contributed by atoms with Gasteiger partial charge in [0.25, 0.3) is 0 Å². The van der Waals surface area contributed by atoms with Crippen molar-refractivity contribution in [2.24, 2.45) is 0 Å². The molecule has 1 heterocycles. The van der Waals surface area contributed by atoms with Crippen LogP contribution < -0.4 is 0 Å². The number of para-hydroxylation sites is 1. The molecule has 0 bridgehead atoms. The van der Waals surface area contributed by atoms with E-state index in [1.807, 2.05) is 30.3 Å². The van der Waals surface area contributed by atoms with Crippen molar-refractivity contribution in [1.82, 2.24) is 14.8 Å². The second kappa shape index (κ2) is 8.04. The van der Waals surface area contributed by atoms with E-state index >= 15 is 0 Å². The number of aromatic nitrogens is 3. The van der Waals surface area contributed by atoms with E-state index in [2.05, 4.69) is 26.9 Å². The predicted octanol–water partition coefficient (Wildman–Crippen LogP) is 5.75. The molecule has 26 heavy (non-hydrogen) atoms. The lowest BCUT2D eigenvalue weighted by Crippen LogP contribution is -2.11. The molecule has 0 spiro atoms. The zero-order valence-corrected chi connectivity index (χ0v) is 15.5. The van der Waals surface area contributed by atoms with Crippen LogP contribution in [0.3, 0.4) is 0 Å². The SMILES string of the molecule is Fc1ccccc1CSc1nnc(C2CCCCC2)n1-c1ccccc1. The van der Waals surface area contributed by atoms with Crippen molar-refractivity contribution in [1.29, 1.82) is 0 Å². The molecule has 1 aliphatic carbocycles. The number of halogens is 1. The second-order valence-corrected chi connectivity index (χ2v) is 7.67. The molecule has 0 atom stereocenters. The molecule has 0 aliphatic heterocycles. The van der Waals surface area contributed by atoms with E-state index in [9.17, 15) is 4.39 Å². The molecular formula is C21H22FN3S. The third kappa shape index (κ3) is 3.68. The lowest BCUT2D eigenvalue weighted by atomic mass is 9.88. The van der Waals surface area contributed by atoms with Crippen LogP contribution in [-0.4, -0.2) is 14.8 Å². The number of rotatable bonds is 5. The standard InChI is InChI=1S/C21H22FN3S/c22-19-14-8-7-11-17(19)15-26-21-24-23-20(16-9-3-1-4-10-16)25(21)18-12-5-2-6-13-18/h2,5-8,11-14,16H,1,3-4,9-10,15H2. The molecule has 134 valence electrons. The maximum atomic E-state index is 14.0. The highest BCUT2D eigenvalue weighted by molar-refractivity contribution is 7.98. The van der Waals surface area contributed by atoms with Gasteiger partial charge in [-0.1, -0.05) is 67.4 Å². The van der Waals surface area contributed by atoms with Crippen molar-refractivity contribution in [3.05, 3.63) is 71.8 Å². The summed E-state index contributed by atoms with van der Waals surface area (Å²) < 4.78 is 16.1. The lowest BCUT2D eigenvalue weighted by Gasteiger charge is -2.22. The average Bonchev–Trinajstić information content (AvgIpc) is 3.13. The Labute approximate surface area is 157 Å². The van der Waals surface area contributed by atoms with Gasteiger partial charge in [-0.3, -0.25) is 4.57 Å². The Morgan fingerprint density at radius 1 is 0.923 bits per heavy atom. The van der Waals surface area contributed by atoms with E-state index < -0.39 is 0 Å². The molecule has 2 aromatic carbocycles. The fourth-order valence-corrected chi connectivity index (χ4v) is 4.52. The van der Waals surface area contributed by atoms with Gasteiger partial charge >= 0.3 is 0 Å². The predicted molar refractivity (Wildman–Crippen MR) is 103 cm³/mol. The summed E-state index contributed by atoms with van der Waals surface area (Å²) in [5.74, 6) is 1.88. The van der Waals surface area contributed by atoms with Gasteiger partial charge in [0.15, 0.2) is 5.16 Å². The number of hydrogen-bond donors (Lipinski definition) is 0. The third-order valence-corrected chi connectivity index (χ3v) is 5.94. The summed E-state index contributed by atoms with van der Waals surface area (Å²) in [6.07, 6.45) is 6.16. The van der Waals surface area contributed by atoms with E-state index in [1.54, 1.807) is 17.8 Å². The first-order valence-electron chi connectivity index (χ1n) is 9.20. The number of hydrogen-bond acceptors (Lipinski definition) is 3. The molecule has 4 rings (SSSR count). The van der Waals surface area contributed by atoms with Gasteiger partial charge in [0.05, 0.1) is 0 Å². The average molecular weight is 367 g/mol. The normalized spacial score (nSPS) is 15.3. The van der Waals surface area contributed by atoms with Crippen LogP contribution >= 0.6 is 11.8 Å². The fraction of sp³-hybridized carbons (Fsp3) is 0.333. The summed E-state index contributed by atoms with van der Waals surface area (Å²) in [6.45, 7) is 0. The topological polar surface area (TPSA) is 30.7 Å².